The SMILES string of the molecule is O=C(O)c1ccc(COc2ccc(C(O)O)cc2)cc1. The van der Waals surface area contributed by atoms with Crippen LogP contribution in [0.4, 0.5) is 0 Å². The van der Waals surface area contributed by atoms with Gasteiger partial charge in [-0.1, -0.05) is 24.3 Å². The molecule has 0 aromatic heterocycles. The molecule has 5 heteroatoms. The number of ether oxygens (including phenoxy) is 1. The van der Waals surface area contributed by atoms with Gasteiger partial charge in [-0.25, -0.2) is 4.79 Å². The van der Waals surface area contributed by atoms with Gasteiger partial charge in [-0.15, -0.1) is 0 Å². The van der Waals surface area contributed by atoms with Gasteiger partial charge < -0.3 is 20.1 Å². The average Bonchev–Trinajstić information content (AvgIpc) is 2.46. The summed E-state index contributed by atoms with van der Waals surface area (Å²) in [4.78, 5) is 10.7. The van der Waals surface area contributed by atoms with Crippen molar-refractivity contribution in [2.75, 3.05) is 0 Å². The van der Waals surface area contributed by atoms with Crippen molar-refractivity contribution in [3.8, 4) is 5.75 Å². The molecule has 0 aliphatic rings. The van der Waals surface area contributed by atoms with E-state index in [1.165, 1.54) is 12.1 Å². The first-order chi connectivity index (χ1) is 9.56. The molecule has 3 N–H and O–H groups in total. The van der Waals surface area contributed by atoms with E-state index in [4.69, 9.17) is 20.1 Å². The van der Waals surface area contributed by atoms with Crippen LogP contribution in [0.25, 0.3) is 0 Å². The molecule has 0 saturated carbocycles. The molecule has 0 saturated heterocycles. The highest BCUT2D eigenvalue weighted by atomic mass is 16.5. The third-order valence-electron chi connectivity index (χ3n) is 2.78. The summed E-state index contributed by atoms with van der Waals surface area (Å²) in [5.41, 5.74) is 1.47. The number of carbonyl (C=O) groups is 1. The Balaban J connectivity index is 1.96. The maximum Gasteiger partial charge on any atom is 0.335 e. The third-order valence-corrected chi connectivity index (χ3v) is 2.78. The summed E-state index contributed by atoms with van der Waals surface area (Å²) in [6.07, 6.45) is -1.49. The van der Waals surface area contributed by atoms with Gasteiger partial charge in [0.1, 0.15) is 12.4 Å². The topological polar surface area (TPSA) is 87.0 Å². The van der Waals surface area contributed by atoms with Crippen LogP contribution in [0, 0.1) is 0 Å². The van der Waals surface area contributed by atoms with E-state index in [0.717, 1.165) is 5.56 Å². The fourth-order valence-electron chi connectivity index (χ4n) is 1.65. The van der Waals surface area contributed by atoms with Crippen molar-refractivity contribution in [1.29, 1.82) is 0 Å². The van der Waals surface area contributed by atoms with E-state index >= 15 is 0 Å². The number of carboxylic acids is 1. The van der Waals surface area contributed by atoms with E-state index in [1.807, 2.05) is 0 Å². The van der Waals surface area contributed by atoms with E-state index in [9.17, 15) is 4.79 Å². The molecular weight excluding hydrogens is 260 g/mol. The Bertz CT molecular complexity index is 572. The van der Waals surface area contributed by atoms with E-state index in [0.29, 0.717) is 17.9 Å². The normalized spacial score (nSPS) is 10.6. The van der Waals surface area contributed by atoms with E-state index < -0.39 is 12.3 Å². The zero-order valence-corrected chi connectivity index (χ0v) is 10.6. The molecule has 0 radical (unpaired) electrons. The molecule has 0 bridgehead atoms. The van der Waals surface area contributed by atoms with Crippen molar-refractivity contribution in [1.82, 2.24) is 0 Å². The number of aliphatic hydroxyl groups is 2. The summed E-state index contributed by atoms with van der Waals surface area (Å²) in [5, 5.41) is 26.7. The molecule has 2 aromatic rings. The maximum absolute atomic E-state index is 10.7. The Kier molecular flexibility index (Phi) is 4.34. The molecule has 0 unspecified atom stereocenters. The molecule has 0 spiro atoms. The Morgan fingerprint density at radius 1 is 1.00 bits per heavy atom. The quantitative estimate of drug-likeness (QED) is 0.725. The summed E-state index contributed by atoms with van der Waals surface area (Å²) in [6, 6.07) is 12.8. The van der Waals surface area contributed by atoms with Gasteiger partial charge in [-0.2, -0.15) is 0 Å². The smallest absolute Gasteiger partial charge is 0.335 e. The highest BCUT2D eigenvalue weighted by Crippen LogP contribution is 2.17. The number of rotatable bonds is 5. The van der Waals surface area contributed by atoms with Gasteiger partial charge in [0.05, 0.1) is 5.56 Å². The second-order valence-electron chi connectivity index (χ2n) is 4.23. The Hall–Kier alpha value is -2.37. The van der Waals surface area contributed by atoms with Gasteiger partial charge >= 0.3 is 5.97 Å². The minimum atomic E-state index is -1.49. The lowest BCUT2D eigenvalue weighted by atomic mass is 10.1. The van der Waals surface area contributed by atoms with Crippen LogP contribution in [0.5, 0.6) is 5.75 Å². The van der Waals surface area contributed by atoms with Crippen molar-refractivity contribution in [3.05, 3.63) is 65.2 Å². The number of benzene rings is 2. The second kappa shape index (κ2) is 6.18. The predicted octanol–water partition coefficient (Wildman–Crippen LogP) is 1.95. The number of carboxylic acid groups (broad SMARTS) is 1. The molecule has 0 fully saturated rings. The summed E-state index contributed by atoms with van der Waals surface area (Å²) >= 11 is 0. The van der Waals surface area contributed by atoms with Gasteiger partial charge in [0.25, 0.3) is 0 Å². The van der Waals surface area contributed by atoms with Crippen molar-refractivity contribution >= 4 is 5.97 Å². The van der Waals surface area contributed by atoms with Crippen LogP contribution < -0.4 is 4.74 Å². The molecule has 0 aliphatic carbocycles. The molecule has 0 heterocycles. The fraction of sp³-hybridized carbons (Fsp3) is 0.133. The van der Waals surface area contributed by atoms with Gasteiger partial charge in [-0.3, -0.25) is 0 Å². The standard InChI is InChI=1S/C15H14O5/c16-14(17)11-3-1-10(2-4-11)9-20-13-7-5-12(6-8-13)15(18)19/h1-8,15,18-19H,9H2,(H,16,17). The van der Waals surface area contributed by atoms with Crippen LogP contribution in [-0.4, -0.2) is 21.3 Å². The number of aliphatic hydroxyl groups excluding tert-OH is 1. The van der Waals surface area contributed by atoms with E-state index in [1.54, 1.807) is 36.4 Å². The van der Waals surface area contributed by atoms with Gasteiger partial charge in [-0.05, 0) is 29.8 Å². The van der Waals surface area contributed by atoms with E-state index in [2.05, 4.69) is 0 Å². The first-order valence-electron chi connectivity index (χ1n) is 5.97. The van der Waals surface area contributed by atoms with E-state index in [-0.39, 0.29) is 5.56 Å². The van der Waals surface area contributed by atoms with Crippen LogP contribution in [0.1, 0.15) is 27.8 Å². The summed E-state index contributed by atoms with van der Waals surface area (Å²) in [5.74, 6) is -0.368. The highest BCUT2D eigenvalue weighted by molar-refractivity contribution is 5.87. The molecule has 20 heavy (non-hydrogen) atoms. The molecule has 2 rings (SSSR count). The zero-order chi connectivity index (χ0) is 14.5. The maximum atomic E-state index is 10.7. The van der Waals surface area contributed by atoms with Crippen LogP contribution in [0.2, 0.25) is 0 Å². The first-order valence-corrected chi connectivity index (χ1v) is 5.97. The largest absolute Gasteiger partial charge is 0.489 e. The third kappa shape index (κ3) is 3.57. The number of hydrogen-bond donors (Lipinski definition) is 3. The van der Waals surface area contributed by atoms with Gasteiger partial charge in [0.15, 0.2) is 6.29 Å². The van der Waals surface area contributed by atoms with Crippen molar-refractivity contribution in [2.45, 2.75) is 12.9 Å². The summed E-state index contributed by atoms with van der Waals surface area (Å²) in [7, 11) is 0. The number of aromatic carboxylic acids is 1. The minimum Gasteiger partial charge on any atom is -0.489 e. The number of hydrogen-bond acceptors (Lipinski definition) is 4. The van der Waals surface area contributed by atoms with Crippen molar-refractivity contribution < 1.29 is 24.9 Å². The van der Waals surface area contributed by atoms with Crippen LogP contribution in [0.3, 0.4) is 0 Å². The van der Waals surface area contributed by atoms with Crippen LogP contribution in [-0.2, 0) is 6.61 Å². The van der Waals surface area contributed by atoms with Gasteiger partial charge in [0.2, 0.25) is 0 Å². The highest BCUT2D eigenvalue weighted by Gasteiger charge is 2.04. The fourth-order valence-corrected chi connectivity index (χ4v) is 1.65. The Labute approximate surface area is 115 Å². The van der Waals surface area contributed by atoms with Crippen LogP contribution >= 0.6 is 0 Å². The Morgan fingerprint density at radius 3 is 2.10 bits per heavy atom. The zero-order valence-electron chi connectivity index (χ0n) is 10.6. The monoisotopic (exact) mass is 274 g/mol. The molecule has 0 amide bonds. The first kappa shape index (κ1) is 14.0. The minimum absolute atomic E-state index is 0.232. The molecule has 0 atom stereocenters. The average molecular weight is 274 g/mol. The van der Waals surface area contributed by atoms with Gasteiger partial charge in [0, 0.05) is 5.56 Å². The molecule has 2 aromatic carbocycles. The molecule has 0 aliphatic heterocycles. The molecule has 104 valence electrons. The lowest BCUT2D eigenvalue weighted by Crippen LogP contribution is -1.99. The Morgan fingerprint density at radius 2 is 1.60 bits per heavy atom. The summed E-state index contributed by atoms with van der Waals surface area (Å²) in [6.45, 7) is 0.306. The molecule has 5 nitrogen and oxygen atoms in total. The summed E-state index contributed by atoms with van der Waals surface area (Å²) < 4.78 is 5.52. The predicted molar refractivity (Wildman–Crippen MR) is 71.4 cm³/mol. The van der Waals surface area contributed by atoms with Crippen molar-refractivity contribution in [2.24, 2.45) is 0 Å². The van der Waals surface area contributed by atoms with Crippen molar-refractivity contribution in [3.63, 3.8) is 0 Å². The second-order valence-corrected chi connectivity index (χ2v) is 4.23. The van der Waals surface area contributed by atoms with Crippen LogP contribution in [0.15, 0.2) is 48.5 Å². The lowest BCUT2D eigenvalue weighted by molar-refractivity contribution is -0.0425. The lowest BCUT2D eigenvalue weighted by Gasteiger charge is -2.08. The molecular formula is C15H14O5.